The Morgan fingerprint density at radius 3 is 2.36 bits per heavy atom. The van der Waals surface area contributed by atoms with E-state index in [-0.39, 0.29) is 11.9 Å². The number of likely N-dealkylation sites (tertiary alicyclic amines) is 1. The summed E-state index contributed by atoms with van der Waals surface area (Å²) >= 11 is 0. The maximum atomic E-state index is 13.7. The van der Waals surface area contributed by atoms with E-state index in [0.717, 1.165) is 37.4 Å². The molecule has 0 spiro atoms. The average molecular weight is 491 g/mol. The third kappa shape index (κ3) is 5.59. The fraction of sp³-hybridized carbons (Fsp3) is 0.533. The lowest BCUT2D eigenvalue weighted by Gasteiger charge is -2.36. The zero-order chi connectivity index (χ0) is 24.9. The number of nitrogens with zero attached hydrogens (tertiary/aromatic N) is 1. The van der Waals surface area contributed by atoms with E-state index >= 15 is 0 Å². The van der Waals surface area contributed by atoms with Crippen LogP contribution in [0.3, 0.4) is 0 Å². The number of nitrogens with one attached hydrogen (secondary N) is 1. The second kappa shape index (κ2) is 11.5. The van der Waals surface area contributed by atoms with Crippen LogP contribution in [0.5, 0.6) is 11.5 Å². The molecule has 2 heterocycles. The second-order valence-electron chi connectivity index (χ2n) is 10.6. The predicted molar refractivity (Wildman–Crippen MR) is 140 cm³/mol. The fourth-order valence-corrected chi connectivity index (χ4v) is 6.13. The van der Waals surface area contributed by atoms with E-state index in [1.807, 2.05) is 24.3 Å². The Morgan fingerprint density at radius 1 is 0.917 bits per heavy atom. The number of amides is 1. The van der Waals surface area contributed by atoms with Crippen molar-refractivity contribution >= 4 is 11.9 Å². The van der Waals surface area contributed by atoms with Gasteiger partial charge >= 0.3 is 5.97 Å². The minimum atomic E-state index is -0.525. The molecule has 1 amide bonds. The van der Waals surface area contributed by atoms with Crippen molar-refractivity contribution in [3.05, 3.63) is 59.2 Å². The maximum Gasteiger partial charge on any atom is 0.337 e. The molecule has 192 valence electrons. The van der Waals surface area contributed by atoms with E-state index < -0.39 is 11.9 Å². The van der Waals surface area contributed by atoms with E-state index in [9.17, 15) is 9.59 Å². The number of methoxy groups -OCH3 is 1. The number of rotatable bonds is 5. The maximum absolute atomic E-state index is 13.7. The van der Waals surface area contributed by atoms with Crippen LogP contribution in [0.2, 0.25) is 0 Å². The molecular formula is C30H38N2O4. The lowest BCUT2D eigenvalue weighted by atomic mass is 9.86. The van der Waals surface area contributed by atoms with Gasteiger partial charge in [-0.05, 0) is 55.9 Å². The minimum absolute atomic E-state index is 0.0347. The summed E-state index contributed by atoms with van der Waals surface area (Å²) in [4.78, 5) is 28.5. The first-order valence-corrected chi connectivity index (χ1v) is 13.6. The summed E-state index contributed by atoms with van der Waals surface area (Å²) in [7, 11) is 1.36. The number of carbonyl (C=O) groups excluding carboxylic acids is 2. The molecule has 1 unspecified atom stereocenters. The van der Waals surface area contributed by atoms with Crippen LogP contribution in [0, 0.1) is 5.92 Å². The monoisotopic (exact) mass is 490 g/mol. The molecule has 1 aliphatic carbocycles. The number of esters is 1. The van der Waals surface area contributed by atoms with Crippen LogP contribution in [0.25, 0.3) is 0 Å². The fourth-order valence-electron chi connectivity index (χ4n) is 6.13. The van der Waals surface area contributed by atoms with Crippen molar-refractivity contribution in [2.45, 2.75) is 69.7 Å². The van der Waals surface area contributed by atoms with Crippen molar-refractivity contribution in [2.75, 3.05) is 26.7 Å². The first kappa shape index (κ1) is 24.8. The van der Waals surface area contributed by atoms with Crippen LogP contribution in [0.1, 0.15) is 85.2 Å². The zero-order valence-corrected chi connectivity index (χ0v) is 21.3. The molecule has 0 radical (unpaired) electrons. The first-order chi connectivity index (χ1) is 17.6. The lowest BCUT2D eigenvalue weighted by Crippen LogP contribution is -2.47. The first-order valence-electron chi connectivity index (χ1n) is 13.6. The summed E-state index contributed by atoms with van der Waals surface area (Å²) in [6.45, 7) is 3.28. The van der Waals surface area contributed by atoms with Crippen molar-refractivity contribution in [3.8, 4) is 11.5 Å². The van der Waals surface area contributed by atoms with E-state index in [4.69, 9.17) is 9.47 Å². The number of hydrogen-bond acceptors (Lipinski definition) is 5. The third-order valence-electron chi connectivity index (χ3n) is 8.13. The molecule has 6 heteroatoms. The molecule has 1 atom stereocenters. The highest BCUT2D eigenvalue weighted by Crippen LogP contribution is 2.44. The standard InChI is InChI=1S/C30H38N2O4/c1-35-30(34)22-13-14-27-25(19-22)28(24-11-7-8-12-26(24)36-27)29(33)31-23-15-17-32(18-16-23)20-21-9-5-3-2-4-6-10-21/h7-8,11-14,19,21,23,28H,2-6,9-10,15-18,20H2,1H3,(H,31,33). The number of carbonyl (C=O) groups is 2. The van der Waals surface area contributed by atoms with Crippen molar-refractivity contribution in [3.63, 3.8) is 0 Å². The lowest BCUT2D eigenvalue weighted by molar-refractivity contribution is -0.122. The Labute approximate surface area is 214 Å². The summed E-state index contributed by atoms with van der Waals surface area (Å²) in [5.74, 6) is 1.14. The number of benzene rings is 2. The van der Waals surface area contributed by atoms with Crippen LogP contribution in [-0.2, 0) is 9.53 Å². The molecule has 6 nitrogen and oxygen atoms in total. The zero-order valence-electron chi connectivity index (χ0n) is 21.3. The number of piperidine rings is 1. The summed E-state index contributed by atoms with van der Waals surface area (Å²) in [6, 6.07) is 13.0. The van der Waals surface area contributed by atoms with Crippen LogP contribution < -0.4 is 10.1 Å². The summed E-state index contributed by atoms with van der Waals surface area (Å²) in [5, 5.41) is 3.34. The normalized spacial score (nSPS) is 21.3. The molecule has 0 bridgehead atoms. The quantitative estimate of drug-likeness (QED) is 0.549. The molecule has 2 aromatic carbocycles. The van der Waals surface area contributed by atoms with Gasteiger partial charge in [0.25, 0.3) is 0 Å². The predicted octanol–water partition coefficient (Wildman–Crippen LogP) is 5.65. The minimum Gasteiger partial charge on any atom is -0.465 e. The molecule has 1 saturated heterocycles. The van der Waals surface area contributed by atoms with Gasteiger partial charge in [0.05, 0.1) is 18.6 Å². The van der Waals surface area contributed by atoms with Gasteiger partial charge in [0.2, 0.25) is 5.91 Å². The highest BCUT2D eigenvalue weighted by Gasteiger charge is 2.35. The van der Waals surface area contributed by atoms with Crippen molar-refractivity contribution in [1.29, 1.82) is 0 Å². The van der Waals surface area contributed by atoms with Crippen LogP contribution >= 0.6 is 0 Å². The van der Waals surface area contributed by atoms with Gasteiger partial charge in [-0.15, -0.1) is 0 Å². The van der Waals surface area contributed by atoms with Crippen LogP contribution in [-0.4, -0.2) is 49.6 Å². The van der Waals surface area contributed by atoms with E-state index in [2.05, 4.69) is 10.2 Å². The smallest absolute Gasteiger partial charge is 0.337 e. The molecule has 2 aromatic rings. The van der Waals surface area contributed by atoms with Crippen LogP contribution in [0.4, 0.5) is 0 Å². The van der Waals surface area contributed by atoms with Crippen LogP contribution in [0.15, 0.2) is 42.5 Å². The summed E-state index contributed by atoms with van der Waals surface area (Å²) in [5.41, 5.74) is 1.95. The molecule has 1 saturated carbocycles. The van der Waals surface area contributed by atoms with Gasteiger partial charge < -0.3 is 19.7 Å². The third-order valence-corrected chi connectivity index (χ3v) is 8.13. The van der Waals surface area contributed by atoms with E-state index in [1.165, 1.54) is 58.6 Å². The Kier molecular flexibility index (Phi) is 7.90. The summed E-state index contributed by atoms with van der Waals surface area (Å²) in [6.07, 6.45) is 11.6. The Balaban J connectivity index is 1.25. The molecule has 2 fully saturated rings. The second-order valence-corrected chi connectivity index (χ2v) is 10.6. The molecule has 2 aliphatic heterocycles. The van der Waals surface area contributed by atoms with E-state index in [1.54, 1.807) is 18.2 Å². The van der Waals surface area contributed by atoms with Gasteiger partial charge in [-0.1, -0.05) is 50.3 Å². The number of ether oxygens (including phenoxy) is 2. The highest BCUT2D eigenvalue weighted by atomic mass is 16.5. The number of para-hydroxylation sites is 1. The molecular weight excluding hydrogens is 452 g/mol. The van der Waals surface area contributed by atoms with Crippen molar-refractivity contribution in [1.82, 2.24) is 10.2 Å². The Hall–Kier alpha value is -2.86. The van der Waals surface area contributed by atoms with Gasteiger partial charge in [-0.2, -0.15) is 0 Å². The average Bonchev–Trinajstić information content (AvgIpc) is 2.89. The van der Waals surface area contributed by atoms with Gasteiger partial charge in [0, 0.05) is 36.8 Å². The molecule has 36 heavy (non-hydrogen) atoms. The Bertz CT molecular complexity index is 1070. The Morgan fingerprint density at radius 2 is 1.61 bits per heavy atom. The van der Waals surface area contributed by atoms with Crippen molar-refractivity contribution in [2.24, 2.45) is 5.92 Å². The molecule has 1 N–H and O–H groups in total. The topological polar surface area (TPSA) is 67.9 Å². The molecule has 0 aromatic heterocycles. The largest absolute Gasteiger partial charge is 0.465 e. The molecule has 5 rings (SSSR count). The van der Waals surface area contributed by atoms with Gasteiger partial charge in [0.15, 0.2) is 0 Å². The van der Waals surface area contributed by atoms with Crippen molar-refractivity contribution < 1.29 is 19.1 Å². The SMILES string of the molecule is COC(=O)c1ccc2c(c1)C(C(=O)NC1CCN(CC3CCCCCCC3)CC1)c1ccccc1O2. The van der Waals surface area contributed by atoms with Gasteiger partial charge in [-0.3, -0.25) is 4.79 Å². The highest BCUT2D eigenvalue weighted by molar-refractivity contribution is 5.93. The van der Waals surface area contributed by atoms with Gasteiger partial charge in [-0.25, -0.2) is 4.79 Å². The van der Waals surface area contributed by atoms with Gasteiger partial charge in [0.1, 0.15) is 11.5 Å². The molecule has 3 aliphatic rings. The number of hydrogen-bond donors (Lipinski definition) is 1. The number of fused-ring (bicyclic) bond motifs is 2. The summed E-state index contributed by atoms with van der Waals surface area (Å²) < 4.78 is 11.0. The van der Waals surface area contributed by atoms with E-state index in [0.29, 0.717) is 22.6 Å².